The second-order valence-electron chi connectivity index (χ2n) is 4.59. The molecule has 5 nitrogen and oxygen atoms in total. The largest absolute Gasteiger partial charge is 0.379 e. The van der Waals surface area contributed by atoms with Crippen LogP contribution in [-0.2, 0) is 9.53 Å². The molecule has 2 aliphatic heterocycles. The Morgan fingerprint density at radius 2 is 2.07 bits per heavy atom. The van der Waals surface area contributed by atoms with Gasteiger partial charge in [-0.05, 0) is 20.3 Å². The fraction of sp³-hybridized carbons (Fsp3) is 0.800. The van der Waals surface area contributed by atoms with E-state index in [0.717, 1.165) is 6.42 Å². The maximum Gasteiger partial charge on any atom is 0.327 e. The first kappa shape index (κ1) is 10.4. The highest BCUT2D eigenvalue weighted by Crippen LogP contribution is 2.29. The summed E-state index contributed by atoms with van der Waals surface area (Å²) in [4.78, 5) is 26.8. The van der Waals surface area contributed by atoms with Crippen molar-refractivity contribution < 1.29 is 14.3 Å². The lowest BCUT2D eigenvalue weighted by Gasteiger charge is -2.22. The van der Waals surface area contributed by atoms with E-state index in [0.29, 0.717) is 13.2 Å². The molecule has 2 rings (SSSR count). The zero-order chi connectivity index (χ0) is 11.2. The molecule has 84 valence electrons. The Bertz CT molecular complexity index is 308. The van der Waals surface area contributed by atoms with Gasteiger partial charge in [-0.25, -0.2) is 4.79 Å². The molecule has 0 saturated carbocycles. The molecule has 5 heteroatoms. The van der Waals surface area contributed by atoms with E-state index in [4.69, 9.17) is 4.74 Å². The number of likely N-dealkylation sites (N-methyl/N-ethyl adjacent to an activating group) is 1. The smallest absolute Gasteiger partial charge is 0.327 e. The predicted molar refractivity (Wildman–Crippen MR) is 53.3 cm³/mol. The van der Waals surface area contributed by atoms with E-state index in [2.05, 4.69) is 0 Å². The summed E-state index contributed by atoms with van der Waals surface area (Å²) in [5.41, 5.74) is -0.723. The van der Waals surface area contributed by atoms with Gasteiger partial charge in [-0.15, -0.1) is 0 Å². The summed E-state index contributed by atoms with van der Waals surface area (Å²) in [6.07, 6.45) is 0.751. The van der Waals surface area contributed by atoms with Crippen LogP contribution in [-0.4, -0.2) is 53.6 Å². The molecule has 2 fully saturated rings. The number of hydrogen-bond acceptors (Lipinski definition) is 3. The molecule has 0 aliphatic carbocycles. The van der Waals surface area contributed by atoms with Crippen molar-refractivity contribution in [2.24, 2.45) is 0 Å². The van der Waals surface area contributed by atoms with Crippen LogP contribution >= 0.6 is 0 Å². The van der Waals surface area contributed by atoms with Crippen molar-refractivity contribution in [3.63, 3.8) is 0 Å². The minimum atomic E-state index is -0.723. The fourth-order valence-corrected chi connectivity index (χ4v) is 1.97. The maximum absolute atomic E-state index is 12.0. The van der Waals surface area contributed by atoms with Gasteiger partial charge in [0.15, 0.2) is 0 Å². The van der Waals surface area contributed by atoms with Crippen molar-refractivity contribution in [2.75, 3.05) is 20.3 Å². The highest BCUT2D eigenvalue weighted by molar-refractivity contribution is 6.06. The van der Waals surface area contributed by atoms with E-state index in [-0.39, 0.29) is 18.0 Å². The number of imide groups is 1. The summed E-state index contributed by atoms with van der Waals surface area (Å²) in [7, 11) is 1.66. The predicted octanol–water partition coefficient (Wildman–Crippen LogP) is 0.448. The first-order valence-corrected chi connectivity index (χ1v) is 5.15. The van der Waals surface area contributed by atoms with Gasteiger partial charge in [0, 0.05) is 13.7 Å². The Kier molecular flexibility index (Phi) is 2.22. The van der Waals surface area contributed by atoms with Gasteiger partial charge in [0.05, 0.1) is 12.6 Å². The van der Waals surface area contributed by atoms with Crippen LogP contribution in [0.1, 0.15) is 20.3 Å². The second kappa shape index (κ2) is 3.20. The van der Waals surface area contributed by atoms with Crippen molar-refractivity contribution in [2.45, 2.75) is 31.8 Å². The zero-order valence-electron chi connectivity index (χ0n) is 9.32. The lowest BCUT2D eigenvalue weighted by molar-refractivity contribution is -0.133. The number of ether oxygens (including phenoxy) is 1. The van der Waals surface area contributed by atoms with E-state index < -0.39 is 5.54 Å². The Morgan fingerprint density at radius 1 is 1.40 bits per heavy atom. The van der Waals surface area contributed by atoms with Crippen LogP contribution in [0.5, 0.6) is 0 Å². The molecule has 0 aromatic rings. The van der Waals surface area contributed by atoms with Gasteiger partial charge in [-0.1, -0.05) is 0 Å². The van der Waals surface area contributed by atoms with E-state index in [9.17, 15) is 9.59 Å². The highest BCUT2D eigenvalue weighted by Gasteiger charge is 2.52. The van der Waals surface area contributed by atoms with Gasteiger partial charge in [-0.3, -0.25) is 9.69 Å². The van der Waals surface area contributed by atoms with Crippen molar-refractivity contribution in [3.8, 4) is 0 Å². The summed E-state index contributed by atoms with van der Waals surface area (Å²) >= 11 is 0. The standard InChI is InChI=1S/C10H16N2O3/c1-10(2)8(13)12(9(14)11(10)3)7-4-5-15-6-7/h7H,4-6H2,1-3H3. The maximum atomic E-state index is 12.0. The molecule has 2 saturated heterocycles. The zero-order valence-corrected chi connectivity index (χ0v) is 9.32. The third-order valence-corrected chi connectivity index (χ3v) is 3.34. The van der Waals surface area contributed by atoms with Crippen molar-refractivity contribution in [1.29, 1.82) is 0 Å². The van der Waals surface area contributed by atoms with Crippen molar-refractivity contribution in [3.05, 3.63) is 0 Å². The average Bonchev–Trinajstić information content (AvgIpc) is 2.73. The molecule has 2 heterocycles. The molecule has 0 aromatic heterocycles. The number of carbonyl (C=O) groups is 2. The minimum absolute atomic E-state index is 0.0748. The first-order chi connectivity index (χ1) is 6.96. The fourth-order valence-electron chi connectivity index (χ4n) is 1.97. The molecule has 15 heavy (non-hydrogen) atoms. The van der Waals surface area contributed by atoms with Crippen molar-refractivity contribution in [1.82, 2.24) is 9.80 Å². The molecular weight excluding hydrogens is 196 g/mol. The van der Waals surface area contributed by atoms with Crippen LogP contribution in [0.4, 0.5) is 4.79 Å². The van der Waals surface area contributed by atoms with E-state index in [1.165, 1.54) is 9.80 Å². The van der Waals surface area contributed by atoms with Crippen LogP contribution < -0.4 is 0 Å². The SMILES string of the molecule is CN1C(=O)N(C2CCOC2)C(=O)C1(C)C. The van der Waals surface area contributed by atoms with Crippen LogP contribution in [0, 0.1) is 0 Å². The summed E-state index contributed by atoms with van der Waals surface area (Å²) in [6.45, 7) is 4.64. The number of amides is 3. The number of hydrogen-bond donors (Lipinski definition) is 0. The molecule has 0 radical (unpaired) electrons. The molecule has 2 aliphatic rings. The monoisotopic (exact) mass is 212 g/mol. The minimum Gasteiger partial charge on any atom is -0.379 e. The van der Waals surface area contributed by atoms with E-state index in [1.54, 1.807) is 20.9 Å². The van der Waals surface area contributed by atoms with Crippen LogP contribution in [0.2, 0.25) is 0 Å². The van der Waals surface area contributed by atoms with Crippen LogP contribution in [0.25, 0.3) is 0 Å². The summed E-state index contributed by atoms with van der Waals surface area (Å²) in [5, 5.41) is 0. The Hall–Kier alpha value is -1.10. The molecular formula is C10H16N2O3. The third-order valence-electron chi connectivity index (χ3n) is 3.34. The summed E-state index contributed by atoms with van der Waals surface area (Å²) in [5.74, 6) is -0.120. The highest BCUT2D eigenvalue weighted by atomic mass is 16.5. The molecule has 1 unspecified atom stereocenters. The Morgan fingerprint density at radius 3 is 2.47 bits per heavy atom. The van der Waals surface area contributed by atoms with Gasteiger partial charge in [0.2, 0.25) is 0 Å². The number of rotatable bonds is 1. The Balaban J connectivity index is 2.26. The summed E-state index contributed by atoms with van der Waals surface area (Å²) < 4.78 is 5.20. The van der Waals surface area contributed by atoms with Crippen LogP contribution in [0.3, 0.4) is 0 Å². The van der Waals surface area contributed by atoms with E-state index in [1.807, 2.05) is 0 Å². The second-order valence-corrected chi connectivity index (χ2v) is 4.59. The lowest BCUT2D eigenvalue weighted by Crippen LogP contribution is -2.43. The number of carbonyl (C=O) groups excluding carboxylic acids is 2. The topological polar surface area (TPSA) is 49.9 Å². The molecule has 1 atom stereocenters. The Labute approximate surface area is 89.0 Å². The van der Waals surface area contributed by atoms with E-state index >= 15 is 0 Å². The molecule has 3 amide bonds. The van der Waals surface area contributed by atoms with Gasteiger partial charge >= 0.3 is 6.03 Å². The molecule has 0 spiro atoms. The quantitative estimate of drug-likeness (QED) is 0.593. The molecule has 0 N–H and O–H groups in total. The number of nitrogens with zero attached hydrogens (tertiary/aromatic N) is 2. The summed E-state index contributed by atoms with van der Waals surface area (Å²) in [6, 6.07) is -0.283. The molecule has 0 aromatic carbocycles. The van der Waals surface area contributed by atoms with Crippen LogP contribution in [0.15, 0.2) is 0 Å². The normalized spacial score (nSPS) is 30.5. The van der Waals surface area contributed by atoms with Gasteiger partial charge in [0.25, 0.3) is 5.91 Å². The number of urea groups is 1. The third kappa shape index (κ3) is 1.33. The first-order valence-electron chi connectivity index (χ1n) is 5.15. The lowest BCUT2D eigenvalue weighted by atomic mass is 10.0. The van der Waals surface area contributed by atoms with Gasteiger partial charge in [0.1, 0.15) is 5.54 Å². The average molecular weight is 212 g/mol. The van der Waals surface area contributed by atoms with Crippen molar-refractivity contribution >= 4 is 11.9 Å². The van der Waals surface area contributed by atoms with Gasteiger partial charge in [-0.2, -0.15) is 0 Å². The van der Waals surface area contributed by atoms with Gasteiger partial charge < -0.3 is 9.64 Å². The molecule has 0 bridgehead atoms.